The summed E-state index contributed by atoms with van der Waals surface area (Å²) in [6.07, 6.45) is -0.415. The van der Waals surface area contributed by atoms with E-state index in [4.69, 9.17) is 4.74 Å². The van der Waals surface area contributed by atoms with Crippen molar-refractivity contribution in [2.45, 2.75) is 26.0 Å². The van der Waals surface area contributed by atoms with Crippen molar-refractivity contribution < 1.29 is 23.1 Å². The van der Waals surface area contributed by atoms with Crippen LogP contribution in [-0.4, -0.2) is 29.4 Å². The smallest absolute Gasteiger partial charge is 0.344 e. The fourth-order valence-corrected chi connectivity index (χ4v) is 2.90. The molecule has 1 atom stereocenters. The summed E-state index contributed by atoms with van der Waals surface area (Å²) >= 11 is 0. The van der Waals surface area contributed by atoms with Crippen LogP contribution in [0.15, 0.2) is 42.5 Å². The predicted octanol–water partition coefficient (Wildman–Crippen LogP) is 3.10. The Morgan fingerprint density at radius 3 is 2.36 bits per heavy atom. The van der Waals surface area contributed by atoms with E-state index in [-0.39, 0.29) is 5.91 Å². The van der Waals surface area contributed by atoms with Crippen molar-refractivity contribution in [1.29, 1.82) is 0 Å². The molecular weight excluding hydrogens is 328 g/mol. The largest absolute Gasteiger partial charge is 0.449 e. The third-order valence-electron chi connectivity index (χ3n) is 4.24. The zero-order valence-corrected chi connectivity index (χ0v) is 13.7. The molecule has 0 unspecified atom stereocenters. The lowest BCUT2D eigenvalue weighted by Gasteiger charge is -2.30. The molecule has 4 nitrogen and oxygen atoms in total. The molecule has 0 N–H and O–H groups in total. The molecule has 130 valence electrons. The highest BCUT2D eigenvalue weighted by Gasteiger charge is 2.29. The molecule has 1 amide bonds. The zero-order chi connectivity index (χ0) is 18.0. The summed E-state index contributed by atoms with van der Waals surface area (Å²) in [5.41, 5.74) is 1.44. The van der Waals surface area contributed by atoms with Gasteiger partial charge in [-0.1, -0.05) is 30.3 Å². The summed E-state index contributed by atoms with van der Waals surface area (Å²) in [5, 5.41) is 0. The van der Waals surface area contributed by atoms with Crippen LogP contribution in [0.3, 0.4) is 0 Å². The fraction of sp³-hybridized carbons (Fsp3) is 0.263. The Balaban J connectivity index is 1.68. The Kier molecular flexibility index (Phi) is 4.79. The highest BCUT2D eigenvalue weighted by Crippen LogP contribution is 2.20. The van der Waals surface area contributed by atoms with Gasteiger partial charge in [-0.05, 0) is 36.6 Å². The molecule has 0 radical (unpaired) electrons. The summed E-state index contributed by atoms with van der Waals surface area (Å²) in [4.78, 5) is 26.1. The van der Waals surface area contributed by atoms with E-state index >= 15 is 0 Å². The van der Waals surface area contributed by atoms with Crippen LogP contribution >= 0.6 is 0 Å². The number of halogens is 2. The van der Waals surface area contributed by atoms with Crippen LogP contribution in [-0.2, 0) is 22.5 Å². The van der Waals surface area contributed by atoms with Crippen molar-refractivity contribution in [3.63, 3.8) is 0 Å². The minimum atomic E-state index is -1.19. The van der Waals surface area contributed by atoms with Gasteiger partial charge < -0.3 is 9.64 Å². The normalized spacial score (nSPS) is 14.6. The standard InChI is InChI=1S/C19H17F2NO3/c1-12(25-19(24)17-15(20)7-4-8-16(17)21)18(23)22-10-9-13-5-2-3-6-14(13)11-22/h2-8,12H,9-11H2,1H3/t12-/m0/s1. The summed E-state index contributed by atoms with van der Waals surface area (Å²) < 4.78 is 32.3. The second-order valence-corrected chi connectivity index (χ2v) is 5.92. The van der Waals surface area contributed by atoms with E-state index in [1.807, 2.05) is 24.3 Å². The number of carbonyl (C=O) groups is 2. The van der Waals surface area contributed by atoms with Gasteiger partial charge in [-0.2, -0.15) is 0 Å². The maximum Gasteiger partial charge on any atom is 0.344 e. The van der Waals surface area contributed by atoms with Gasteiger partial charge in [-0.15, -0.1) is 0 Å². The van der Waals surface area contributed by atoms with Crippen molar-refractivity contribution in [1.82, 2.24) is 4.90 Å². The molecule has 0 saturated heterocycles. The van der Waals surface area contributed by atoms with Crippen LogP contribution in [0.4, 0.5) is 8.78 Å². The lowest BCUT2D eigenvalue weighted by atomic mass is 9.99. The maximum absolute atomic E-state index is 13.6. The summed E-state index contributed by atoms with van der Waals surface area (Å²) in [6.45, 7) is 2.33. The molecule has 0 aromatic heterocycles. The second-order valence-electron chi connectivity index (χ2n) is 5.92. The summed E-state index contributed by atoms with van der Waals surface area (Å²) in [7, 11) is 0. The van der Waals surface area contributed by atoms with Crippen molar-refractivity contribution in [3.05, 3.63) is 70.8 Å². The number of hydrogen-bond acceptors (Lipinski definition) is 3. The van der Waals surface area contributed by atoms with Gasteiger partial charge >= 0.3 is 5.97 Å². The monoisotopic (exact) mass is 345 g/mol. The Hall–Kier alpha value is -2.76. The molecule has 1 heterocycles. The quantitative estimate of drug-likeness (QED) is 0.803. The molecule has 0 fully saturated rings. The van der Waals surface area contributed by atoms with Crippen molar-refractivity contribution >= 4 is 11.9 Å². The van der Waals surface area contributed by atoms with Crippen molar-refractivity contribution in [3.8, 4) is 0 Å². The molecule has 3 rings (SSSR count). The second kappa shape index (κ2) is 7.01. The topological polar surface area (TPSA) is 46.6 Å². The number of carbonyl (C=O) groups excluding carboxylic acids is 2. The number of hydrogen-bond donors (Lipinski definition) is 0. The summed E-state index contributed by atoms with van der Waals surface area (Å²) in [6, 6.07) is 10.9. The van der Waals surface area contributed by atoms with Crippen molar-refractivity contribution in [2.75, 3.05) is 6.54 Å². The number of rotatable bonds is 3. The Morgan fingerprint density at radius 2 is 1.68 bits per heavy atom. The van der Waals surface area contributed by atoms with E-state index in [9.17, 15) is 18.4 Å². The number of ether oxygens (including phenoxy) is 1. The van der Waals surface area contributed by atoms with Gasteiger partial charge in [0.25, 0.3) is 5.91 Å². The fourth-order valence-electron chi connectivity index (χ4n) is 2.90. The third kappa shape index (κ3) is 3.52. The Morgan fingerprint density at radius 1 is 1.04 bits per heavy atom. The number of benzene rings is 2. The Labute approximate surface area is 144 Å². The van der Waals surface area contributed by atoms with Crippen LogP contribution < -0.4 is 0 Å². The number of nitrogens with zero attached hydrogens (tertiary/aromatic N) is 1. The molecule has 1 aliphatic rings. The first-order chi connectivity index (χ1) is 12.0. The number of esters is 1. The van der Waals surface area contributed by atoms with E-state index in [0.29, 0.717) is 19.5 Å². The number of fused-ring (bicyclic) bond motifs is 1. The highest BCUT2D eigenvalue weighted by atomic mass is 19.1. The molecule has 25 heavy (non-hydrogen) atoms. The summed E-state index contributed by atoms with van der Waals surface area (Å²) in [5.74, 6) is -3.61. The molecule has 6 heteroatoms. The first-order valence-corrected chi connectivity index (χ1v) is 7.98. The molecule has 1 aliphatic heterocycles. The zero-order valence-electron chi connectivity index (χ0n) is 13.7. The molecule has 0 aliphatic carbocycles. The minimum Gasteiger partial charge on any atom is -0.449 e. The van der Waals surface area contributed by atoms with Gasteiger partial charge in [-0.3, -0.25) is 4.79 Å². The van der Waals surface area contributed by atoms with E-state index in [1.54, 1.807) is 4.90 Å². The minimum absolute atomic E-state index is 0.389. The van der Waals surface area contributed by atoms with Crippen molar-refractivity contribution in [2.24, 2.45) is 0 Å². The third-order valence-corrected chi connectivity index (χ3v) is 4.24. The molecule has 2 aromatic carbocycles. The van der Waals surface area contributed by atoms with E-state index in [2.05, 4.69) is 0 Å². The highest BCUT2D eigenvalue weighted by molar-refractivity contribution is 5.92. The molecule has 0 bridgehead atoms. The van der Waals surface area contributed by atoms with Gasteiger partial charge in [0.2, 0.25) is 0 Å². The maximum atomic E-state index is 13.6. The average molecular weight is 345 g/mol. The van der Waals surface area contributed by atoms with Gasteiger partial charge in [0.1, 0.15) is 17.2 Å². The number of amides is 1. The van der Waals surface area contributed by atoms with Crippen LogP contribution in [0.5, 0.6) is 0 Å². The van der Waals surface area contributed by atoms with E-state index < -0.39 is 29.3 Å². The van der Waals surface area contributed by atoms with Gasteiger partial charge in [0, 0.05) is 13.1 Å². The first-order valence-electron chi connectivity index (χ1n) is 7.98. The van der Waals surface area contributed by atoms with Crippen LogP contribution in [0.2, 0.25) is 0 Å². The lowest BCUT2D eigenvalue weighted by Crippen LogP contribution is -2.42. The lowest BCUT2D eigenvalue weighted by molar-refractivity contribution is -0.140. The molecule has 2 aromatic rings. The molecule has 0 spiro atoms. The molecule has 0 saturated carbocycles. The average Bonchev–Trinajstić information content (AvgIpc) is 2.60. The first kappa shape index (κ1) is 17.1. The predicted molar refractivity (Wildman–Crippen MR) is 86.8 cm³/mol. The van der Waals surface area contributed by atoms with E-state index in [0.717, 1.165) is 23.8 Å². The Bertz CT molecular complexity index is 802. The van der Waals surface area contributed by atoms with Crippen LogP contribution in [0, 0.1) is 11.6 Å². The molecular formula is C19H17F2NO3. The van der Waals surface area contributed by atoms with Gasteiger partial charge in [-0.25, -0.2) is 13.6 Å². The van der Waals surface area contributed by atoms with Crippen LogP contribution in [0.25, 0.3) is 0 Å². The van der Waals surface area contributed by atoms with Gasteiger partial charge in [0.05, 0.1) is 0 Å². The van der Waals surface area contributed by atoms with Crippen LogP contribution in [0.1, 0.15) is 28.4 Å². The SMILES string of the molecule is C[C@H](OC(=O)c1c(F)cccc1F)C(=O)N1CCc2ccccc2C1. The van der Waals surface area contributed by atoms with E-state index in [1.165, 1.54) is 12.5 Å². The van der Waals surface area contributed by atoms with Gasteiger partial charge in [0.15, 0.2) is 6.10 Å².